The van der Waals surface area contributed by atoms with Crippen LogP contribution in [0.2, 0.25) is 5.02 Å². The van der Waals surface area contributed by atoms with Crippen molar-refractivity contribution in [3.63, 3.8) is 0 Å². The second-order valence-corrected chi connectivity index (χ2v) is 4.86. The van der Waals surface area contributed by atoms with E-state index in [-0.39, 0.29) is 12.2 Å². The van der Waals surface area contributed by atoms with Crippen LogP contribution in [0.3, 0.4) is 0 Å². The summed E-state index contributed by atoms with van der Waals surface area (Å²) in [6.45, 7) is 2.46. The number of ether oxygens (including phenoxy) is 2. The lowest BCUT2D eigenvalue weighted by molar-refractivity contribution is -0.137. The molecule has 0 unspecified atom stereocenters. The molecular weight excluding hydrogens is 268 g/mol. The highest BCUT2D eigenvalue weighted by molar-refractivity contribution is 6.41. The number of rotatable bonds is 6. The third-order valence-electron chi connectivity index (χ3n) is 2.83. The van der Waals surface area contributed by atoms with Gasteiger partial charge < -0.3 is 9.47 Å². The number of carbonyl (C=O) groups excluding carboxylic acids is 2. The van der Waals surface area contributed by atoms with E-state index in [0.29, 0.717) is 23.3 Å². The molecule has 1 aromatic carbocycles. The summed E-state index contributed by atoms with van der Waals surface area (Å²) in [4.78, 5) is 23.0. The van der Waals surface area contributed by atoms with E-state index in [1.54, 1.807) is 13.0 Å². The minimum atomic E-state index is -0.870. The maximum Gasteiger partial charge on any atom is 0.379 e. The van der Waals surface area contributed by atoms with Gasteiger partial charge in [0.15, 0.2) is 0 Å². The molecule has 0 amide bonds. The van der Waals surface area contributed by atoms with Crippen molar-refractivity contribution in [3.05, 3.63) is 28.8 Å². The first-order chi connectivity index (χ1) is 9.11. The molecule has 1 aromatic rings. The van der Waals surface area contributed by atoms with Crippen LogP contribution in [0.15, 0.2) is 18.2 Å². The van der Waals surface area contributed by atoms with Gasteiger partial charge in [-0.15, -0.1) is 0 Å². The van der Waals surface area contributed by atoms with Crippen LogP contribution in [0.5, 0.6) is 5.75 Å². The van der Waals surface area contributed by atoms with Crippen molar-refractivity contribution < 1.29 is 19.1 Å². The van der Waals surface area contributed by atoms with Gasteiger partial charge in [0.1, 0.15) is 5.75 Å². The Hall–Kier alpha value is -1.55. The Morgan fingerprint density at radius 3 is 2.68 bits per heavy atom. The van der Waals surface area contributed by atoms with Crippen molar-refractivity contribution in [2.24, 2.45) is 5.92 Å². The molecule has 0 bridgehead atoms. The topological polar surface area (TPSA) is 52.6 Å². The fourth-order valence-corrected chi connectivity index (χ4v) is 1.80. The van der Waals surface area contributed by atoms with Crippen molar-refractivity contribution in [1.82, 2.24) is 0 Å². The summed E-state index contributed by atoms with van der Waals surface area (Å²) in [6.07, 6.45) is 2.38. The average molecular weight is 283 g/mol. The fraction of sp³-hybridized carbons (Fsp3) is 0.429. The van der Waals surface area contributed by atoms with E-state index < -0.39 is 11.8 Å². The fourth-order valence-electron chi connectivity index (χ4n) is 1.57. The molecule has 2 rings (SSSR count). The second kappa shape index (κ2) is 6.06. The highest BCUT2D eigenvalue weighted by atomic mass is 35.5. The normalized spacial score (nSPS) is 14.0. The molecule has 0 atom stereocenters. The zero-order valence-electron chi connectivity index (χ0n) is 10.6. The molecule has 5 heteroatoms. The SMILES string of the molecule is CCOC(=O)C(=O)c1ccc(OCC2CC2)c(Cl)c1. The van der Waals surface area contributed by atoms with Gasteiger partial charge in [-0.25, -0.2) is 4.79 Å². The molecule has 19 heavy (non-hydrogen) atoms. The zero-order chi connectivity index (χ0) is 13.8. The van der Waals surface area contributed by atoms with Crippen molar-refractivity contribution >= 4 is 23.4 Å². The summed E-state index contributed by atoms with van der Waals surface area (Å²) in [5.74, 6) is -0.409. The van der Waals surface area contributed by atoms with Gasteiger partial charge in [-0.3, -0.25) is 4.79 Å². The van der Waals surface area contributed by atoms with Gasteiger partial charge >= 0.3 is 5.97 Å². The van der Waals surface area contributed by atoms with Crippen molar-refractivity contribution in [1.29, 1.82) is 0 Å². The maximum atomic E-state index is 11.7. The van der Waals surface area contributed by atoms with Crippen LogP contribution in [-0.4, -0.2) is 25.0 Å². The number of benzene rings is 1. The molecule has 0 spiro atoms. The van der Waals surface area contributed by atoms with E-state index in [0.717, 1.165) is 0 Å². The van der Waals surface area contributed by atoms with E-state index in [2.05, 4.69) is 4.74 Å². The van der Waals surface area contributed by atoms with Crippen LogP contribution in [0.4, 0.5) is 0 Å². The number of hydrogen-bond acceptors (Lipinski definition) is 4. The lowest BCUT2D eigenvalue weighted by Gasteiger charge is -2.08. The third kappa shape index (κ3) is 3.70. The molecule has 1 fully saturated rings. The smallest absolute Gasteiger partial charge is 0.379 e. The van der Waals surface area contributed by atoms with Crippen molar-refractivity contribution in [2.45, 2.75) is 19.8 Å². The van der Waals surface area contributed by atoms with Gasteiger partial charge in [-0.2, -0.15) is 0 Å². The van der Waals surface area contributed by atoms with E-state index in [1.165, 1.54) is 25.0 Å². The molecule has 0 aliphatic heterocycles. The molecule has 102 valence electrons. The van der Waals surface area contributed by atoms with Gasteiger partial charge in [-0.05, 0) is 43.9 Å². The number of ketones is 1. The quantitative estimate of drug-likeness (QED) is 0.457. The molecule has 0 radical (unpaired) electrons. The Bertz CT molecular complexity index is 494. The molecule has 4 nitrogen and oxygen atoms in total. The Morgan fingerprint density at radius 2 is 2.11 bits per heavy atom. The molecule has 0 aromatic heterocycles. The standard InChI is InChI=1S/C14H15ClO4/c1-2-18-14(17)13(16)10-5-6-12(11(15)7-10)19-8-9-3-4-9/h5-7,9H,2-4,8H2,1H3. The van der Waals surface area contributed by atoms with Crippen LogP contribution in [0.25, 0.3) is 0 Å². The van der Waals surface area contributed by atoms with E-state index >= 15 is 0 Å². The first-order valence-corrected chi connectivity index (χ1v) is 6.63. The van der Waals surface area contributed by atoms with Crippen LogP contribution >= 0.6 is 11.6 Å². The molecule has 0 heterocycles. The molecule has 1 aliphatic rings. The Balaban J connectivity index is 2.04. The lowest BCUT2D eigenvalue weighted by atomic mass is 10.1. The Kier molecular flexibility index (Phi) is 4.43. The minimum Gasteiger partial charge on any atom is -0.492 e. The van der Waals surface area contributed by atoms with E-state index in [9.17, 15) is 9.59 Å². The van der Waals surface area contributed by atoms with Crippen LogP contribution in [0.1, 0.15) is 30.1 Å². The first-order valence-electron chi connectivity index (χ1n) is 6.25. The highest BCUT2D eigenvalue weighted by Crippen LogP contribution is 2.32. The number of carbonyl (C=O) groups is 2. The lowest BCUT2D eigenvalue weighted by Crippen LogP contribution is -2.17. The van der Waals surface area contributed by atoms with E-state index in [1.807, 2.05) is 0 Å². The van der Waals surface area contributed by atoms with Crippen molar-refractivity contribution in [3.8, 4) is 5.75 Å². The monoisotopic (exact) mass is 282 g/mol. The summed E-state index contributed by atoms with van der Waals surface area (Å²) >= 11 is 6.03. The van der Waals surface area contributed by atoms with Crippen LogP contribution < -0.4 is 4.74 Å². The van der Waals surface area contributed by atoms with Gasteiger partial charge in [0, 0.05) is 5.56 Å². The third-order valence-corrected chi connectivity index (χ3v) is 3.12. The van der Waals surface area contributed by atoms with Gasteiger partial charge in [0.05, 0.1) is 18.2 Å². The summed E-state index contributed by atoms with van der Waals surface area (Å²) in [5, 5.41) is 0.329. The number of halogens is 1. The Morgan fingerprint density at radius 1 is 1.37 bits per heavy atom. The van der Waals surface area contributed by atoms with Gasteiger partial charge in [-0.1, -0.05) is 11.6 Å². The predicted octanol–water partition coefficient (Wildman–Crippen LogP) is 2.87. The summed E-state index contributed by atoms with van der Waals surface area (Å²) in [6, 6.07) is 4.56. The average Bonchev–Trinajstić information content (AvgIpc) is 3.20. The molecule has 0 N–H and O–H groups in total. The molecule has 1 saturated carbocycles. The van der Waals surface area contributed by atoms with Gasteiger partial charge in [0.2, 0.25) is 0 Å². The molecular formula is C14H15ClO4. The zero-order valence-corrected chi connectivity index (χ0v) is 11.4. The largest absolute Gasteiger partial charge is 0.492 e. The second-order valence-electron chi connectivity index (χ2n) is 4.45. The summed E-state index contributed by atoms with van der Waals surface area (Å²) in [7, 11) is 0. The highest BCUT2D eigenvalue weighted by Gasteiger charge is 2.23. The van der Waals surface area contributed by atoms with Crippen molar-refractivity contribution in [2.75, 3.05) is 13.2 Å². The Labute approximate surface area is 116 Å². The van der Waals surface area contributed by atoms with Gasteiger partial charge in [0.25, 0.3) is 5.78 Å². The maximum absolute atomic E-state index is 11.7. The minimum absolute atomic E-state index is 0.168. The first kappa shape index (κ1) is 13.9. The molecule has 1 aliphatic carbocycles. The number of Topliss-reactive ketones (excluding diaryl/α,β-unsaturated/α-hetero) is 1. The number of hydrogen-bond donors (Lipinski definition) is 0. The van der Waals surface area contributed by atoms with E-state index in [4.69, 9.17) is 16.3 Å². The molecule has 0 saturated heterocycles. The predicted molar refractivity (Wildman–Crippen MR) is 70.6 cm³/mol. The van der Waals surface area contributed by atoms with Crippen LogP contribution in [-0.2, 0) is 9.53 Å². The number of esters is 1. The van der Waals surface area contributed by atoms with Crippen LogP contribution in [0, 0.1) is 5.92 Å². The summed E-state index contributed by atoms with van der Waals surface area (Å²) < 4.78 is 10.2. The summed E-state index contributed by atoms with van der Waals surface area (Å²) in [5.41, 5.74) is 0.210.